The van der Waals surface area contributed by atoms with Crippen LogP contribution in [0.5, 0.6) is 0 Å². The van der Waals surface area contributed by atoms with E-state index in [2.05, 4.69) is 5.32 Å². The van der Waals surface area contributed by atoms with Gasteiger partial charge in [-0.15, -0.1) is 0 Å². The van der Waals surface area contributed by atoms with Crippen LogP contribution >= 0.6 is 11.6 Å². The third-order valence-corrected chi connectivity index (χ3v) is 4.16. The lowest BCUT2D eigenvalue weighted by molar-refractivity contribution is -0.117. The first kappa shape index (κ1) is 19.6. The number of benzene rings is 2. The zero-order valence-corrected chi connectivity index (χ0v) is 15.2. The lowest BCUT2D eigenvalue weighted by Crippen LogP contribution is -2.37. The lowest BCUT2D eigenvalue weighted by atomic mass is 10.1. The molecular formula is C20H15ClF2N2O3. The zero-order valence-electron chi connectivity index (χ0n) is 14.5. The summed E-state index contributed by atoms with van der Waals surface area (Å²) in [5.74, 6) is -3.16. The molecule has 5 nitrogen and oxygen atoms in total. The summed E-state index contributed by atoms with van der Waals surface area (Å²) in [6.07, 6.45) is 1.42. The SMILES string of the molecule is O=C(CN(Cc1ccco1)C(=O)c1cc(F)c(F)cc1Cl)Nc1ccccc1. The molecule has 3 rings (SSSR count). The molecule has 144 valence electrons. The quantitative estimate of drug-likeness (QED) is 0.615. The summed E-state index contributed by atoms with van der Waals surface area (Å²) in [5.41, 5.74) is 0.309. The molecule has 0 spiro atoms. The molecular weight excluding hydrogens is 390 g/mol. The second kappa shape index (κ2) is 8.67. The molecule has 0 atom stereocenters. The van der Waals surface area contributed by atoms with Gasteiger partial charge in [0, 0.05) is 5.69 Å². The van der Waals surface area contributed by atoms with E-state index in [1.807, 2.05) is 0 Å². The Kier molecular flexibility index (Phi) is 6.06. The number of hydrogen-bond acceptors (Lipinski definition) is 3. The van der Waals surface area contributed by atoms with Gasteiger partial charge in [0.25, 0.3) is 5.91 Å². The maximum Gasteiger partial charge on any atom is 0.256 e. The van der Waals surface area contributed by atoms with E-state index in [9.17, 15) is 18.4 Å². The summed E-state index contributed by atoms with van der Waals surface area (Å²) >= 11 is 5.91. The van der Waals surface area contributed by atoms with E-state index in [0.29, 0.717) is 17.5 Å². The third kappa shape index (κ3) is 4.75. The molecule has 0 saturated carbocycles. The maximum atomic E-state index is 13.6. The second-order valence-corrected chi connectivity index (χ2v) is 6.31. The maximum absolute atomic E-state index is 13.6. The molecule has 2 amide bonds. The molecule has 8 heteroatoms. The number of hydrogen-bond donors (Lipinski definition) is 1. The van der Waals surface area contributed by atoms with Crippen molar-refractivity contribution < 1.29 is 22.8 Å². The molecule has 1 N–H and O–H groups in total. The van der Waals surface area contributed by atoms with Gasteiger partial charge in [-0.2, -0.15) is 0 Å². The number of carbonyl (C=O) groups excluding carboxylic acids is 2. The molecule has 0 unspecified atom stereocenters. The van der Waals surface area contributed by atoms with Crippen molar-refractivity contribution in [1.82, 2.24) is 4.90 Å². The highest BCUT2D eigenvalue weighted by Gasteiger charge is 2.24. The molecule has 2 aromatic carbocycles. The van der Waals surface area contributed by atoms with E-state index >= 15 is 0 Å². The Morgan fingerprint density at radius 1 is 1.04 bits per heavy atom. The van der Waals surface area contributed by atoms with Crippen LogP contribution in [0.3, 0.4) is 0 Å². The van der Waals surface area contributed by atoms with Crippen molar-refractivity contribution in [2.45, 2.75) is 6.54 Å². The first-order valence-electron chi connectivity index (χ1n) is 8.25. The van der Waals surface area contributed by atoms with Crippen LogP contribution in [0.1, 0.15) is 16.1 Å². The number of halogens is 3. The van der Waals surface area contributed by atoms with Crippen molar-refractivity contribution in [1.29, 1.82) is 0 Å². The van der Waals surface area contributed by atoms with Gasteiger partial charge in [-0.05, 0) is 36.4 Å². The summed E-state index contributed by atoms with van der Waals surface area (Å²) in [6, 6.07) is 13.4. The molecule has 0 bridgehead atoms. The van der Waals surface area contributed by atoms with Gasteiger partial charge in [0.1, 0.15) is 12.3 Å². The molecule has 28 heavy (non-hydrogen) atoms. The van der Waals surface area contributed by atoms with Gasteiger partial charge >= 0.3 is 0 Å². The summed E-state index contributed by atoms with van der Waals surface area (Å²) in [4.78, 5) is 26.4. The van der Waals surface area contributed by atoms with E-state index in [-0.39, 0.29) is 23.7 Å². The highest BCUT2D eigenvalue weighted by atomic mass is 35.5. The fourth-order valence-corrected chi connectivity index (χ4v) is 2.77. The lowest BCUT2D eigenvalue weighted by Gasteiger charge is -2.22. The van der Waals surface area contributed by atoms with Crippen molar-refractivity contribution in [3.63, 3.8) is 0 Å². The van der Waals surface area contributed by atoms with Crippen LogP contribution < -0.4 is 5.32 Å². The number of carbonyl (C=O) groups is 2. The first-order valence-corrected chi connectivity index (χ1v) is 8.63. The molecule has 0 aliphatic rings. The Labute approximate surface area is 164 Å². The summed E-state index contributed by atoms with van der Waals surface area (Å²) in [5, 5.41) is 2.41. The third-order valence-electron chi connectivity index (χ3n) is 3.85. The Hall–Kier alpha value is -3.19. The molecule has 1 aromatic heterocycles. The van der Waals surface area contributed by atoms with E-state index < -0.39 is 23.4 Å². The highest BCUT2D eigenvalue weighted by Crippen LogP contribution is 2.22. The monoisotopic (exact) mass is 404 g/mol. The minimum atomic E-state index is -1.21. The first-order chi connectivity index (χ1) is 13.4. The van der Waals surface area contributed by atoms with Crippen molar-refractivity contribution in [3.05, 3.63) is 88.8 Å². The van der Waals surface area contributed by atoms with E-state index in [1.54, 1.807) is 42.5 Å². The molecule has 3 aromatic rings. The van der Waals surface area contributed by atoms with Crippen LogP contribution in [0.2, 0.25) is 5.02 Å². The normalized spacial score (nSPS) is 10.5. The summed E-state index contributed by atoms with van der Waals surface area (Å²) < 4.78 is 32.2. The zero-order chi connectivity index (χ0) is 20.1. The number of anilines is 1. The predicted octanol–water partition coefficient (Wildman–Crippen LogP) is 4.49. The van der Waals surface area contributed by atoms with E-state index in [1.165, 1.54) is 6.26 Å². The van der Waals surface area contributed by atoms with Crippen LogP contribution in [-0.2, 0) is 11.3 Å². The van der Waals surface area contributed by atoms with Crippen molar-refractivity contribution in [2.24, 2.45) is 0 Å². The van der Waals surface area contributed by atoms with Crippen molar-refractivity contribution in [2.75, 3.05) is 11.9 Å². The van der Waals surface area contributed by atoms with Gasteiger partial charge < -0.3 is 14.6 Å². The minimum Gasteiger partial charge on any atom is -0.467 e. The Morgan fingerprint density at radius 3 is 2.43 bits per heavy atom. The Morgan fingerprint density at radius 2 is 1.75 bits per heavy atom. The smallest absolute Gasteiger partial charge is 0.256 e. The van der Waals surface area contributed by atoms with Gasteiger partial charge in [-0.1, -0.05) is 29.8 Å². The topological polar surface area (TPSA) is 62.6 Å². The van der Waals surface area contributed by atoms with Gasteiger partial charge in [-0.25, -0.2) is 8.78 Å². The van der Waals surface area contributed by atoms with Crippen LogP contribution in [0.4, 0.5) is 14.5 Å². The second-order valence-electron chi connectivity index (χ2n) is 5.90. The van der Waals surface area contributed by atoms with Crippen LogP contribution in [0.25, 0.3) is 0 Å². The van der Waals surface area contributed by atoms with Crippen LogP contribution in [0, 0.1) is 11.6 Å². The largest absolute Gasteiger partial charge is 0.467 e. The van der Waals surface area contributed by atoms with Gasteiger partial charge in [-0.3, -0.25) is 9.59 Å². The highest BCUT2D eigenvalue weighted by molar-refractivity contribution is 6.33. The average Bonchev–Trinajstić information content (AvgIpc) is 3.17. The van der Waals surface area contributed by atoms with Crippen molar-refractivity contribution >= 4 is 29.1 Å². The Balaban J connectivity index is 1.83. The van der Waals surface area contributed by atoms with Gasteiger partial charge in [0.2, 0.25) is 5.91 Å². The number of amides is 2. The molecule has 0 fully saturated rings. The predicted molar refractivity (Wildman–Crippen MR) is 99.9 cm³/mol. The number of rotatable bonds is 6. The molecule has 0 aliphatic heterocycles. The van der Waals surface area contributed by atoms with E-state index in [0.717, 1.165) is 11.0 Å². The van der Waals surface area contributed by atoms with Crippen molar-refractivity contribution in [3.8, 4) is 0 Å². The molecule has 0 aliphatic carbocycles. The Bertz CT molecular complexity index is 979. The van der Waals surface area contributed by atoms with Crippen LogP contribution in [-0.4, -0.2) is 23.3 Å². The number of para-hydroxylation sites is 1. The summed E-state index contributed by atoms with van der Waals surface area (Å²) in [7, 11) is 0. The number of nitrogens with zero attached hydrogens (tertiary/aromatic N) is 1. The van der Waals surface area contributed by atoms with E-state index in [4.69, 9.17) is 16.0 Å². The summed E-state index contributed by atoms with van der Waals surface area (Å²) in [6.45, 7) is -0.396. The molecule has 0 saturated heterocycles. The number of nitrogens with one attached hydrogen (secondary N) is 1. The van der Waals surface area contributed by atoms with Gasteiger partial charge in [0.15, 0.2) is 11.6 Å². The fraction of sp³-hybridized carbons (Fsp3) is 0.100. The molecule has 1 heterocycles. The average molecular weight is 405 g/mol. The van der Waals surface area contributed by atoms with Gasteiger partial charge in [0.05, 0.1) is 23.4 Å². The minimum absolute atomic E-state index is 0.0522. The fourth-order valence-electron chi connectivity index (χ4n) is 2.54. The number of furan rings is 1. The standard InChI is InChI=1S/C20H15ClF2N2O3/c21-16-10-18(23)17(22)9-15(16)20(27)25(11-14-7-4-8-28-14)12-19(26)24-13-5-2-1-3-6-13/h1-10H,11-12H2,(H,24,26). The van der Waals surface area contributed by atoms with Crippen LogP contribution in [0.15, 0.2) is 65.3 Å². The molecule has 0 radical (unpaired) electrons.